The van der Waals surface area contributed by atoms with Gasteiger partial charge in [0.2, 0.25) is 0 Å². The van der Waals surface area contributed by atoms with Gasteiger partial charge in [0, 0.05) is 18.9 Å². The summed E-state index contributed by atoms with van der Waals surface area (Å²) in [6, 6.07) is 0. The van der Waals surface area contributed by atoms with E-state index in [1.807, 2.05) is 0 Å². The summed E-state index contributed by atoms with van der Waals surface area (Å²) in [5.41, 5.74) is -0.221. The zero-order chi connectivity index (χ0) is 11.4. The van der Waals surface area contributed by atoms with E-state index in [1.165, 1.54) is 16.3 Å². The highest BCUT2D eigenvalue weighted by Crippen LogP contribution is 2.17. The molecule has 16 heavy (non-hydrogen) atoms. The third kappa shape index (κ3) is 2.25. The summed E-state index contributed by atoms with van der Waals surface area (Å²) in [7, 11) is 0. The zero-order valence-corrected chi connectivity index (χ0v) is 9.33. The minimum atomic E-state index is -0.221. The first kappa shape index (κ1) is 10.7. The number of rotatable bonds is 5. The maximum atomic E-state index is 11.4. The third-order valence-electron chi connectivity index (χ3n) is 1.93. The number of allylic oxidation sites excluding steroid dienone is 1. The van der Waals surface area contributed by atoms with Gasteiger partial charge in [-0.2, -0.15) is 0 Å². The average Bonchev–Trinajstić information content (AvgIpc) is 2.89. The summed E-state index contributed by atoms with van der Waals surface area (Å²) in [6.07, 6.45) is 5.11. The Balaban J connectivity index is 2.09. The Bertz CT molecular complexity index is 512. The predicted octanol–water partition coefficient (Wildman–Crippen LogP) is 0.773. The van der Waals surface area contributed by atoms with E-state index in [9.17, 15) is 4.79 Å². The Labute approximate surface area is 95.8 Å². The lowest BCUT2D eigenvalue weighted by atomic mass is 10.6. The molecule has 0 saturated heterocycles. The fraction of sp³-hybridized carbons (Fsp3) is 0.222. The largest absolute Gasteiger partial charge is 0.348 e. The summed E-state index contributed by atoms with van der Waals surface area (Å²) < 4.78 is 1.53. The molecule has 0 radical (unpaired) electrons. The molecule has 0 atom stereocenters. The second kappa shape index (κ2) is 4.84. The first-order chi connectivity index (χ1) is 7.81. The fourth-order valence-electron chi connectivity index (χ4n) is 1.21. The lowest BCUT2D eigenvalue weighted by molar-refractivity contribution is 0.702. The lowest BCUT2D eigenvalue weighted by Gasteiger charge is -2.00. The standard InChI is InChI=1S/C9H11N5OS/c1-2-5-14-8(15)12-13-9(14)16-6-7-10-3-4-11-7/h2-4H,1,5-6H2,(H,10,11)(H,12,15). The van der Waals surface area contributed by atoms with Gasteiger partial charge < -0.3 is 4.98 Å². The maximum absolute atomic E-state index is 11.4. The van der Waals surface area contributed by atoms with Gasteiger partial charge in [-0.15, -0.1) is 11.7 Å². The van der Waals surface area contributed by atoms with Crippen molar-refractivity contribution in [1.82, 2.24) is 24.7 Å². The van der Waals surface area contributed by atoms with Crippen molar-refractivity contribution in [3.05, 3.63) is 41.4 Å². The molecular formula is C9H11N5OS. The lowest BCUT2D eigenvalue weighted by Crippen LogP contribution is -2.16. The fourth-order valence-corrected chi connectivity index (χ4v) is 2.06. The predicted molar refractivity (Wildman–Crippen MR) is 61.2 cm³/mol. The van der Waals surface area contributed by atoms with E-state index in [1.54, 1.807) is 18.5 Å². The van der Waals surface area contributed by atoms with Gasteiger partial charge in [0.15, 0.2) is 5.16 Å². The third-order valence-corrected chi connectivity index (χ3v) is 2.92. The minimum Gasteiger partial charge on any atom is -0.348 e. The van der Waals surface area contributed by atoms with E-state index in [-0.39, 0.29) is 5.69 Å². The van der Waals surface area contributed by atoms with Crippen molar-refractivity contribution >= 4 is 11.8 Å². The second-order valence-electron chi connectivity index (χ2n) is 3.04. The molecule has 84 valence electrons. The molecule has 0 amide bonds. The van der Waals surface area contributed by atoms with Crippen LogP contribution in [-0.4, -0.2) is 24.7 Å². The maximum Gasteiger partial charge on any atom is 0.344 e. The first-order valence-electron chi connectivity index (χ1n) is 4.68. The van der Waals surface area contributed by atoms with Crippen molar-refractivity contribution in [2.24, 2.45) is 0 Å². The number of aromatic nitrogens is 5. The quantitative estimate of drug-likeness (QED) is 0.594. The van der Waals surface area contributed by atoms with Crippen LogP contribution >= 0.6 is 11.8 Å². The van der Waals surface area contributed by atoms with Crippen molar-refractivity contribution < 1.29 is 0 Å². The highest BCUT2D eigenvalue weighted by Gasteiger charge is 2.08. The molecule has 0 saturated carbocycles. The van der Waals surface area contributed by atoms with Crippen molar-refractivity contribution in [2.75, 3.05) is 0 Å². The average molecular weight is 237 g/mol. The van der Waals surface area contributed by atoms with Gasteiger partial charge in [0.25, 0.3) is 0 Å². The van der Waals surface area contributed by atoms with Crippen LogP contribution in [0.25, 0.3) is 0 Å². The molecule has 7 heteroatoms. The number of hydrogen-bond donors (Lipinski definition) is 2. The van der Waals surface area contributed by atoms with Crippen LogP contribution in [0.1, 0.15) is 5.82 Å². The Hall–Kier alpha value is -1.76. The molecule has 2 heterocycles. The van der Waals surface area contributed by atoms with Crippen molar-refractivity contribution in [3.8, 4) is 0 Å². The van der Waals surface area contributed by atoms with E-state index in [4.69, 9.17) is 0 Å². The Morgan fingerprint density at radius 3 is 3.19 bits per heavy atom. The smallest absolute Gasteiger partial charge is 0.344 e. The molecule has 2 rings (SSSR count). The number of H-pyrrole nitrogens is 2. The van der Waals surface area contributed by atoms with Crippen LogP contribution in [-0.2, 0) is 12.3 Å². The van der Waals surface area contributed by atoms with Crippen LogP contribution in [0.5, 0.6) is 0 Å². The molecule has 0 aliphatic heterocycles. The SMILES string of the molecule is C=CCn1c(SCc2ncc[nH]2)n[nH]c1=O. The summed E-state index contributed by atoms with van der Waals surface area (Å²) in [6.45, 7) is 4.05. The first-order valence-corrected chi connectivity index (χ1v) is 5.67. The highest BCUT2D eigenvalue weighted by atomic mass is 32.2. The Morgan fingerprint density at radius 1 is 1.62 bits per heavy atom. The number of hydrogen-bond acceptors (Lipinski definition) is 4. The van der Waals surface area contributed by atoms with Gasteiger partial charge in [-0.25, -0.2) is 14.9 Å². The van der Waals surface area contributed by atoms with Crippen LogP contribution in [0.4, 0.5) is 0 Å². The minimum absolute atomic E-state index is 0.221. The van der Waals surface area contributed by atoms with Crippen molar-refractivity contribution in [3.63, 3.8) is 0 Å². The zero-order valence-electron chi connectivity index (χ0n) is 8.51. The molecular weight excluding hydrogens is 226 g/mol. The molecule has 0 bridgehead atoms. The molecule has 2 N–H and O–H groups in total. The van der Waals surface area contributed by atoms with Gasteiger partial charge in [-0.3, -0.25) is 4.57 Å². The molecule has 0 unspecified atom stereocenters. The summed E-state index contributed by atoms with van der Waals surface area (Å²) in [5.74, 6) is 1.50. The topological polar surface area (TPSA) is 79.4 Å². The highest BCUT2D eigenvalue weighted by molar-refractivity contribution is 7.98. The van der Waals surface area contributed by atoms with Gasteiger partial charge in [-0.1, -0.05) is 17.8 Å². The second-order valence-corrected chi connectivity index (χ2v) is 3.98. The molecule has 0 fully saturated rings. The van der Waals surface area contributed by atoms with Crippen LogP contribution in [0, 0.1) is 0 Å². The summed E-state index contributed by atoms with van der Waals surface area (Å²) >= 11 is 1.44. The molecule has 0 aliphatic carbocycles. The van der Waals surface area contributed by atoms with Crippen LogP contribution in [0.3, 0.4) is 0 Å². The number of nitrogens with one attached hydrogen (secondary N) is 2. The number of imidazole rings is 1. The van der Waals surface area contributed by atoms with E-state index in [0.29, 0.717) is 17.5 Å². The van der Waals surface area contributed by atoms with Crippen molar-refractivity contribution in [1.29, 1.82) is 0 Å². The van der Waals surface area contributed by atoms with Gasteiger partial charge >= 0.3 is 5.69 Å². The molecule has 0 spiro atoms. The van der Waals surface area contributed by atoms with E-state index < -0.39 is 0 Å². The molecule has 0 aromatic carbocycles. The van der Waals surface area contributed by atoms with E-state index in [2.05, 4.69) is 26.7 Å². The summed E-state index contributed by atoms with van der Waals surface area (Å²) in [4.78, 5) is 18.4. The van der Waals surface area contributed by atoms with Crippen LogP contribution in [0.15, 0.2) is 35.0 Å². The van der Waals surface area contributed by atoms with Gasteiger partial charge in [0.1, 0.15) is 5.82 Å². The number of aromatic amines is 2. The van der Waals surface area contributed by atoms with E-state index in [0.717, 1.165) is 5.82 Å². The Morgan fingerprint density at radius 2 is 2.50 bits per heavy atom. The normalized spacial score (nSPS) is 10.5. The Kier molecular flexibility index (Phi) is 3.25. The number of thioether (sulfide) groups is 1. The van der Waals surface area contributed by atoms with Crippen LogP contribution in [0.2, 0.25) is 0 Å². The number of nitrogens with zero attached hydrogens (tertiary/aromatic N) is 3. The summed E-state index contributed by atoms with van der Waals surface area (Å²) in [5, 5.41) is 6.98. The van der Waals surface area contributed by atoms with E-state index >= 15 is 0 Å². The van der Waals surface area contributed by atoms with Gasteiger partial charge in [0.05, 0.1) is 5.75 Å². The van der Waals surface area contributed by atoms with Crippen molar-refractivity contribution in [2.45, 2.75) is 17.5 Å². The molecule has 2 aromatic rings. The molecule has 0 aliphatic rings. The monoisotopic (exact) mass is 237 g/mol. The molecule has 6 nitrogen and oxygen atoms in total. The van der Waals surface area contributed by atoms with Gasteiger partial charge in [-0.05, 0) is 0 Å². The molecule has 2 aromatic heterocycles. The van der Waals surface area contributed by atoms with Crippen LogP contribution < -0.4 is 5.69 Å².